The maximum atomic E-state index is 12.5. The van der Waals surface area contributed by atoms with Gasteiger partial charge in [0.15, 0.2) is 5.78 Å². The van der Waals surface area contributed by atoms with Crippen LogP contribution in [0.3, 0.4) is 0 Å². The van der Waals surface area contributed by atoms with Crippen LogP contribution in [-0.4, -0.2) is 12.9 Å². The quantitative estimate of drug-likeness (QED) is 0.663. The van der Waals surface area contributed by atoms with Gasteiger partial charge in [-0.2, -0.15) is 0 Å². The molecule has 0 heterocycles. The van der Waals surface area contributed by atoms with Crippen molar-refractivity contribution in [1.29, 1.82) is 0 Å². The molecule has 21 heavy (non-hydrogen) atoms. The van der Waals surface area contributed by atoms with Gasteiger partial charge in [-0.25, -0.2) is 0 Å². The van der Waals surface area contributed by atoms with Crippen LogP contribution in [0.5, 0.6) is 5.75 Å². The molecule has 2 nitrogen and oxygen atoms in total. The number of ether oxygens (including phenoxy) is 1. The summed E-state index contributed by atoms with van der Waals surface area (Å²) in [4.78, 5) is 12.5. The number of hydrogen-bond donors (Lipinski definition) is 0. The van der Waals surface area contributed by atoms with Crippen molar-refractivity contribution < 1.29 is 9.53 Å². The number of methoxy groups -OCH3 is 1. The predicted molar refractivity (Wildman–Crippen MR) is 85.1 cm³/mol. The second-order valence-electron chi connectivity index (χ2n) is 5.12. The van der Waals surface area contributed by atoms with Crippen LogP contribution in [-0.2, 0) is 0 Å². The molecule has 3 aromatic carbocycles. The van der Waals surface area contributed by atoms with Crippen molar-refractivity contribution >= 4 is 16.6 Å². The highest BCUT2D eigenvalue weighted by Gasteiger charge is 2.09. The Morgan fingerprint density at radius 3 is 2.14 bits per heavy atom. The summed E-state index contributed by atoms with van der Waals surface area (Å²) in [7, 11) is 1.65. The summed E-state index contributed by atoms with van der Waals surface area (Å²) >= 11 is 0. The highest BCUT2D eigenvalue weighted by molar-refractivity contribution is 6.10. The lowest BCUT2D eigenvalue weighted by Gasteiger charge is -2.06. The first-order valence-corrected chi connectivity index (χ1v) is 6.86. The minimum atomic E-state index is 0.0488. The molecule has 0 saturated carbocycles. The Bertz CT molecular complexity index is 801. The number of ketones is 1. The van der Waals surface area contributed by atoms with Gasteiger partial charge in [0.25, 0.3) is 0 Å². The molecule has 2 heteroatoms. The lowest BCUT2D eigenvalue weighted by molar-refractivity contribution is 0.103. The maximum absolute atomic E-state index is 12.5. The lowest BCUT2D eigenvalue weighted by atomic mass is 9.99. The molecule has 0 saturated heterocycles. The topological polar surface area (TPSA) is 26.3 Å². The van der Waals surface area contributed by atoms with Crippen LogP contribution in [0.2, 0.25) is 0 Å². The zero-order valence-electron chi connectivity index (χ0n) is 12.1. The van der Waals surface area contributed by atoms with E-state index in [1.165, 1.54) is 0 Å². The summed E-state index contributed by atoms with van der Waals surface area (Å²) in [5.74, 6) is 0.868. The van der Waals surface area contributed by atoms with Gasteiger partial charge in [-0.3, -0.25) is 4.79 Å². The Morgan fingerprint density at radius 1 is 0.810 bits per heavy atom. The van der Waals surface area contributed by atoms with Crippen LogP contribution >= 0.6 is 0 Å². The molecule has 3 aromatic rings. The molecule has 0 radical (unpaired) electrons. The van der Waals surface area contributed by atoms with Crippen molar-refractivity contribution in [1.82, 2.24) is 0 Å². The van der Waals surface area contributed by atoms with Crippen molar-refractivity contribution in [3.8, 4) is 5.75 Å². The van der Waals surface area contributed by atoms with E-state index in [-0.39, 0.29) is 5.78 Å². The average molecular weight is 276 g/mol. The SMILES string of the molecule is COc1ccc2cc(C(=O)c3ccc(C)cc3)ccc2c1. The minimum Gasteiger partial charge on any atom is -0.497 e. The van der Waals surface area contributed by atoms with Crippen molar-refractivity contribution in [3.63, 3.8) is 0 Å². The summed E-state index contributed by atoms with van der Waals surface area (Å²) in [6, 6.07) is 19.3. The number of fused-ring (bicyclic) bond motifs is 1. The van der Waals surface area contributed by atoms with Gasteiger partial charge in [-0.05, 0) is 35.9 Å². The smallest absolute Gasteiger partial charge is 0.193 e. The molecule has 0 amide bonds. The molecule has 0 fully saturated rings. The zero-order chi connectivity index (χ0) is 14.8. The van der Waals surface area contributed by atoms with E-state index in [0.717, 1.165) is 22.1 Å². The van der Waals surface area contributed by atoms with E-state index >= 15 is 0 Å². The van der Waals surface area contributed by atoms with E-state index in [4.69, 9.17) is 4.74 Å². The van der Waals surface area contributed by atoms with Crippen LogP contribution in [0.1, 0.15) is 21.5 Å². The minimum absolute atomic E-state index is 0.0488. The summed E-state index contributed by atoms with van der Waals surface area (Å²) in [5.41, 5.74) is 2.57. The third-order valence-corrected chi connectivity index (χ3v) is 3.62. The molecule has 0 bridgehead atoms. The Morgan fingerprint density at radius 2 is 1.43 bits per heavy atom. The summed E-state index contributed by atoms with van der Waals surface area (Å²) in [6.45, 7) is 2.01. The molecular formula is C19H16O2. The molecule has 0 aromatic heterocycles. The number of rotatable bonds is 3. The number of hydrogen-bond acceptors (Lipinski definition) is 2. The number of aryl methyl sites for hydroxylation is 1. The molecule has 0 aliphatic heterocycles. The van der Waals surface area contributed by atoms with Gasteiger partial charge in [-0.1, -0.05) is 48.0 Å². The van der Waals surface area contributed by atoms with Crippen LogP contribution in [0.4, 0.5) is 0 Å². The Balaban J connectivity index is 2.00. The monoisotopic (exact) mass is 276 g/mol. The number of benzene rings is 3. The van der Waals surface area contributed by atoms with E-state index < -0.39 is 0 Å². The second-order valence-corrected chi connectivity index (χ2v) is 5.12. The standard InChI is InChI=1S/C19H16O2/c1-13-3-5-14(6-4-13)19(20)17-8-7-16-12-18(21-2)10-9-15(16)11-17/h3-12H,1-2H3. The van der Waals surface area contributed by atoms with E-state index in [0.29, 0.717) is 11.1 Å². The zero-order valence-corrected chi connectivity index (χ0v) is 12.1. The molecular weight excluding hydrogens is 260 g/mol. The Hall–Kier alpha value is -2.61. The van der Waals surface area contributed by atoms with E-state index in [2.05, 4.69) is 0 Å². The highest BCUT2D eigenvalue weighted by atomic mass is 16.5. The molecule has 0 unspecified atom stereocenters. The molecule has 0 aliphatic rings. The van der Waals surface area contributed by atoms with Crippen LogP contribution in [0, 0.1) is 6.92 Å². The van der Waals surface area contributed by atoms with Gasteiger partial charge in [0.05, 0.1) is 7.11 Å². The third-order valence-electron chi connectivity index (χ3n) is 3.62. The number of carbonyl (C=O) groups excluding carboxylic acids is 1. The van der Waals surface area contributed by atoms with E-state index in [1.54, 1.807) is 7.11 Å². The van der Waals surface area contributed by atoms with Crippen molar-refractivity contribution in [2.24, 2.45) is 0 Å². The van der Waals surface area contributed by atoms with Gasteiger partial charge in [0.2, 0.25) is 0 Å². The van der Waals surface area contributed by atoms with E-state index in [1.807, 2.05) is 67.6 Å². The highest BCUT2D eigenvalue weighted by Crippen LogP contribution is 2.23. The first kappa shape index (κ1) is 13.4. The van der Waals surface area contributed by atoms with Gasteiger partial charge in [0, 0.05) is 11.1 Å². The average Bonchev–Trinajstić information content (AvgIpc) is 2.54. The Kier molecular flexibility index (Phi) is 3.44. The lowest BCUT2D eigenvalue weighted by Crippen LogP contribution is -2.01. The fourth-order valence-corrected chi connectivity index (χ4v) is 2.36. The van der Waals surface area contributed by atoms with Crippen LogP contribution in [0.25, 0.3) is 10.8 Å². The van der Waals surface area contributed by atoms with Gasteiger partial charge >= 0.3 is 0 Å². The maximum Gasteiger partial charge on any atom is 0.193 e. The fourth-order valence-electron chi connectivity index (χ4n) is 2.36. The largest absolute Gasteiger partial charge is 0.497 e. The van der Waals surface area contributed by atoms with Crippen molar-refractivity contribution in [2.45, 2.75) is 6.92 Å². The van der Waals surface area contributed by atoms with Gasteiger partial charge in [-0.15, -0.1) is 0 Å². The van der Waals surface area contributed by atoms with Crippen LogP contribution in [0.15, 0.2) is 60.7 Å². The molecule has 104 valence electrons. The summed E-state index contributed by atoms with van der Waals surface area (Å²) < 4.78 is 5.21. The molecule has 0 aliphatic carbocycles. The predicted octanol–water partition coefficient (Wildman–Crippen LogP) is 4.39. The number of carbonyl (C=O) groups is 1. The summed E-state index contributed by atoms with van der Waals surface area (Å²) in [5, 5.41) is 2.10. The molecule has 0 atom stereocenters. The van der Waals surface area contributed by atoms with Crippen LogP contribution < -0.4 is 4.74 Å². The molecule has 3 rings (SSSR count). The third kappa shape index (κ3) is 2.65. The normalized spacial score (nSPS) is 10.6. The van der Waals surface area contributed by atoms with Crippen molar-refractivity contribution in [2.75, 3.05) is 7.11 Å². The summed E-state index contributed by atoms with van der Waals surface area (Å²) in [6.07, 6.45) is 0. The second kappa shape index (κ2) is 5.41. The Labute approximate surface area is 124 Å². The van der Waals surface area contributed by atoms with Gasteiger partial charge in [0.1, 0.15) is 5.75 Å². The van der Waals surface area contributed by atoms with Crippen molar-refractivity contribution in [3.05, 3.63) is 77.4 Å². The molecule has 0 spiro atoms. The van der Waals surface area contributed by atoms with Gasteiger partial charge < -0.3 is 4.74 Å². The molecule has 0 N–H and O–H groups in total. The fraction of sp³-hybridized carbons (Fsp3) is 0.105. The first-order valence-electron chi connectivity index (χ1n) is 6.86. The van der Waals surface area contributed by atoms with E-state index in [9.17, 15) is 4.79 Å². The first-order chi connectivity index (χ1) is 10.2.